The molecule has 0 aliphatic rings. The van der Waals surface area contributed by atoms with E-state index in [1.54, 1.807) is 18.2 Å². The van der Waals surface area contributed by atoms with Crippen molar-refractivity contribution >= 4 is 23.1 Å². The summed E-state index contributed by atoms with van der Waals surface area (Å²) in [5.41, 5.74) is 1.32. The second-order valence-corrected chi connectivity index (χ2v) is 4.83. The average molecular weight is 309 g/mol. The van der Waals surface area contributed by atoms with Gasteiger partial charge in [0.05, 0.1) is 11.9 Å². The van der Waals surface area contributed by atoms with Crippen molar-refractivity contribution in [2.24, 2.45) is 0 Å². The van der Waals surface area contributed by atoms with Crippen molar-refractivity contribution in [2.45, 2.75) is 6.92 Å². The summed E-state index contributed by atoms with van der Waals surface area (Å²) in [6.07, 6.45) is 1.47. The Labute approximate surface area is 133 Å². The third kappa shape index (κ3) is 3.42. The summed E-state index contributed by atoms with van der Waals surface area (Å²) in [6.45, 7) is 2.70. The van der Waals surface area contributed by atoms with Crippen LogP contribution in [0.4, 0.5) is 27.5 Å². The molecule has 5 nitrogen and oxygen atoms in total. The topological polar surface area (TPSA) is 53.9 Å². The molecule has 0 radical (unpaired) electrons. The number of rotatable bonds is 5. The van der Waals surface area contributed by atoms with Gasteiger partial charge in [0.25, 0.3) is 5.95 Å². The van der Waals surface area contributed by atoms with E-state index in [0.717, 1.165) is 5.69 Å². The first-order valence-corrected chi connectivity index (χ1v) is 7.32. The maximum atomic E-state index is 13.7. The third-order valence-corrected chi connectivity index (χ3v) is 3.31. The van der Waals surface area contributed by atoms with Gasteiger partial charge in [0.2, 0.25) is 0 Å². The second-order valence-electron chi connectivity index (χ2n) is 4.83. The molecule has 2 aromatic carbocycles. The summed E-state index contributed by atoms with van der Waals surface area (Å²) in [5, 5.41) is 11.0. The van der Waals surface area contributed by atoms with Gasteiger partial charge in [0.15, 0.2) is 5.82 Å². The average Bonchev–Trinajstić information content (AvgIpc) is 2.59. The lowest BCUT2D eigenvalue weighted by Crippen LogP contribution is -2.19. The van der Waals surface area contributed by atoms with E-state index in [2.05, 4.69) is 20.5 Å². The monoisotopic (exact) mass is 309 g/mol. The minimum absolute atomic E-state index is 0.344. The van der Waals surface area contributed by atoms with Gasteiger partial charge in [-0.05, 0) is 31.2 Å². The molecule has 0 aliphatic carbocycles. The molecule has 0 atom stereocenters. The normalized spacial score (nSPS) is 10.3. The van der Waals surface area contributed by atoms with Crippen LogP contribution in [0.3, 0.4) is 0 Å². The summed E-state index contributed by atoms with van der Waals surface area (Å²) in [4.78, 5) is 6.36. The van der Waals surface area contributed by atoms with E-state index in [-0.39, 0.29) is 5.82 Å². The Morgan fingerprint density at radius 3 is 2.52 bits per heavy atom. The zero-order valence-electron chi connectivity index (χ0n) is 12.6. The summed E-state index contributed by atoms with van der Waals surface area (Å²) in [7, 11) is 0. The Balaban J connectivity index is 1.89. The van der Waals surface area contributed by atoms with E-state index in [9.17, 15) is 4.39 Å². The zero-order chi connectivity index (χ0) is 16.1. The summed E-state index contributed by atoms with van der Waals surface area (Å²) >= 11 is 0. The predicted octanol–water partition coefficient (Wildman–Crippen LogP) is 3.91. The number of nitrogens with zero attached hydrogens (tertiary/aromatic N) is 4. The van der Waals surface area contributed by atoms with Crippen molar-refractivity contribution in [2.75, 3.05) is 16.8 Å². The van der Waals surface area contributed by atoms with Gasteiger partial charge in [0, 0.05) is 12.2 Å². The number of nitrogens with one attached hydrogen (secondary N) is 1. The lowest BCUT2D eigenvalue weighted by molar-refractivity contribution is 0.631. The summed E-state index contributed by atoms with van der Waals surface area (Å²) < 4.78 is 13.7. The zero-order valence-corrected chi connectivity index (χ0v) is 12.6. The van der Waals surface area contributed by atoms with E-state index in [1.807, 2.05) is 42.2 Å². The van der Waals surface area contributed by atoms with Crippen molar-refractivity contribution in [3.8, 4) is 0 Å². The van der Waals surface area contributed by atoms with Gasteiger partial charge in [0.1, 0.15) is 5.82 Å². The highest BCUT2D eigenvalue weighted by atomic mass is 19.1. The number of halogens is 1. The van der Waals surface area contributed by atoms with Crippen molar-refractivity contribution in [1.29, 1.82) is 0 Å². The maximum absolute atomic E-state index is 13.7. The first kappa shape index (κ1) is 14.9. The highest BCUT2D eigenvalue weighted by molar-refractivity contribution is 5.60. The van der Waals surface area contributed by atoms with Crippen LogP contribution in [-0.2, 0) is 0 Å². The molecule has 0 bridgehead atoms. The molecule has 23 heavy (non-hydrogen) atoms. The van der Waals surface area contributed by atoms with Gasteiger partial charge in [-0.1, -0.05) is 30.3 Å². The molecule has 0 spiro atoms. The van der Waals surface area contributed by atoms with Crippen molar-refractivity contribution in [1.82, 2.24) is 15.2 Å². The highest BCUT2D eigenvalue weighted by Gasteiger charge is 2.12. The van der Waals surface area contributed by atoms with Crippen LogP contribution in [-0.4, -0.2) is 21.7 Å². The molecule has 1 N–H and O–H groups in total. The number of hydrogen-bond acceptors (Lipinski definition) is 5. The molecule has 1 aromatic heterocycles. The highest BCUT2D eigenvalue weighted by Crippen LogP contribution is 2.23. The van der Waals surface area contributed by atoms with Crippen LogP contribution < -0.4 is 10.2 Å². The standard InChI is InChI=1S/C17H16FN5/c1-2-23(13-8-4-3-5-9-13)17-21-16(12-19-22-17)20-15-11-7-6-10-14(15)18/h3-12H,2H2,1H3,(H,20,21,22). The summed E-state index contributed by atoms with van der Waals surface area (Å²) in [5.74, 6) is 0.553. The Morgan fingerprint density at radius 2 is 1.78 bits per heavy atom. The molecule has 6 heteroatoms. The van der Waals surface area contributed by atoms with Gasteiger partial charge in [-0.25, -0.2) is 4.39 Å². The van der Waals surface area contributed by atoms with Gasteiger partial charge >= 0.3 is 0 Å². The SMILES string of the molecule is CCN(c1ccccc1)c1nncc(Nc2ccccc2F)n1. The Kier molecular flexibility index (Phi) is 4.42. The van der Waals surface area contributed by atoms with Crippen molar-refractivity contribution in [3.63, 3.8) is 0 Å². The lowest BCUT2D eigenvalue weighted by atomic mass is 10.3. The molecule has 1 heterocycles. The number of aromatic nitrogens is 3. The smallest absolute Gasteiger partial charge is 0.251 e. The first-order valence-electron chi connectivity index (χ1n) is 7.32. The lowest BCUT2D eigenvalue weighted by Gasteiger charge is -2.20. The molecular weight excluding hydrogens is 293 g/mol. The molecule has 0 amide bonds. The molecule has 116 valence electrons. The number of para-hydroxylation sites is 2. The fraction of sp³-hybridized carbons (Fsp3) is 0.118. The van der Waals surface area contributed by atoms with E-state index in [0.29, 0.717) is 24.0 Å². The fourth-order valence-corrected chi connectivity index (χ4v) is 2.22. The van der Waals surface area contributed by atoms with Crippen LogP contribution in [0.5, 0.6) is 0 Å². The van der Waals surface area contributed by atoms with Gasteiger partial charge < -0.3 is 10.2 Å². The third-order valence-electron chi connectivity index (χ3n) is 3.31. The van der Waals surface area contributed by atoms with Gasteiger partial charge in [-0.15, -0.1) is 5.10 Å². The number of anilines is 4. The van der Waals surface area contributed by atoms with Crippen LogP contribution in [0.2, 0.25) is 0 Å². The van der Waals surface area contributed by atoms with E-state index >= 15 is 0 Å². The predicted molar refractivity (Wildman–Crippen MR) is 88.6 cm³/mol. The van der Waals surface area contributed by atoms with Crippen molar-refractivity contribution < 1.29 is 4.39 Å². The minimum atomic E-state index is -0.344. The summed E-state index contributed by atoms with van der Waals surface area (Å²) in [6, 6.07) is 16.2. The number of hydrogen-bond donors (Lipinski definition) is 1. The fourth-order valence-electron chi connectivity index (χ4n) is 2.22. The molecule has 0 aliphatic heterocycles. The number of benzene rings is 2. The molecule has 0 saturated heterocycles. The quantitative estimate of drug-likeness (QED) is 0.774. The van der Waals surface area contributed by atoms with Crippen LogP contribution in [0.15, 0.2) is 60.8 Å². The van der Waals surface area contributed by atoms with Crippen LogP contribution in [0, 0.1) is 5.82 Å². The molecule has 3 rings (SSSR count). The van der Waals surface area contributed by atoms with Gasteiger partial charge in [-0.2, -0.15) is 10.1 Å². The van der Waals surface area contributed by atoms with Gasteiger partial charge in [-0.3, -0.25) is 0 Å². The minimum Gasteiger partial charge on any atom is -0.336 e. The Bertz CT molecular complexity index is 779. The Hall–Kier alpha value is -3.02. The molecule has 0 saturated carbocycles. The van der Waals surface area contributed by atoms with E-state index < -0.39 is 0 Å². The Morgan fingerprint density at radius 1 is 1.04 bits per heavy atom. The largest absolute Gasteiger partial charge is 0.336 e. The van der Waals surface area contributed by atoms with Crippen LogP contribution in [0.25, 0.3) is 0 Å². The van der Waals surface area contributed by atoms with Crippen molar-refractivity contribution in [3.05, 3.63) is 66.6 Å². The second kappa shape index (κ2) is 6.83. The van der Waals surface area contributed by atoms with Crippen LogP contribution >= 0.6 is 0 Å². The first-order chi connectivity index (χ1) is 11.3. The molecule has 0 fully saturated rings. The maximum Gasteiger partial charge on any atom is 0.251 e. The van der Waals surface area contributed by atoms with Crippen LogP contribution in [0.1, 0.15) is 6.92 Å². The van der Waals surface area contributed by atoms with E-state index in [4.69, 9.17) is 0 Å². The molecule has 3 aromatic rings. The molecular formula is C17H16FN5. The van der Waals surface area contributed by atoms with E-state index in [1.165, 1.54) is 12.3 Å². The molecule has 0 unspecified atom stereocenters.